The van der Waals surface area contributed by atoms with Crippen LogP contribution in [0.25, 0.3) is 21.3 Å². The largest absolute Gasteiger partial charge is 0.287 e. The average Bonchev–Trinajstić information content (AvgIpc) is 2.98. The highest BCUT2D eigenvalue weighted by atomic mass is 32.2. The molecule has 3 nitrogen and oxygen atoms in total. The number of nitrogens with zero attached hydrogens (tertiary/aromatic N) is 2. The highest BCUT2D eigenvalue weighted by Crippen LogP contribution is 2.32. The smallest absolute Gasteiger partial charge is 0.263 e. The minimum absolute atomic E-state index is 0.0409. The molecule has 0 aliphatic rings. The topological polar surface area (TPSA) is 34.9 Å². The third kappa shape index (κ3) is 2.62. The third-order valence-electron chi connectivity index (χ3n) is 3.39. The van der Waals surface area contributed by atoms with Crippen LogP contribution >= 0.6 is 23.1 Å². The molecule has 0 aliphatic carbocycles. The monoisotopic (exact) mass is 328 g/mol. The van der Waals surface area contributed by atoms with Gasteiger partial charge >= 0.3 is 0 Å². The number of aromatic nitrogens is 2. The molecule has 0 radical (unpaired) electrons. The molecule has 2 aromatic heterocycles. The van der Waals surface area contributed by atoms with Crippen molar-refractivity contribution in [1.29, 1.82) is 0 Å². The average molecular weight is 328 g/mol. The molecule has 0 fully saturated rings. The summed E-state index contributed by atoms with van der Waals surface area (Å²) in [5.74, 6) is 0.745. The fourth-order valence-corrected chi connectivity index (χ4v) is 4.14. The van der Waals surface area contributed by atoms with Gasteiger partial charge in [-0.2, -0.15) is 0 Å². The summed E-state index contributed by atoms with van der Waals surface area (Å²) in [4.78, 5) is 18.4. The van der Waals surface area contributed by atoms with Crippen LogP contribution in [-0.2, 0) is 6.54 Å². The highest BCUT2D eigenvalue weighted by Gasteiger charge is 2.16. The fourth-order valence-electron chi connectivity index (χ4n) is 2.36. The lowest BCUT2D eigenvalue weighted by Crippen LogP contribution is -2.22. The molecule has 0 unspecified atom stereocenters. The van der Waals surface area contributed by atoms with E-state index in [0.29, 0.717) is 6.54 Å². The van der Waals surface area contributed by atoms with Gasteiger partial charge in [-0.1, -0.05) is 48.2 Å². The van der Waals surface area contributed by atoms with Crippen molar-refractivity contribution in [3.8, 4) is 11.1 Å². The zero-order valence-electron chi connectivity index (χ0n) is 12.3. The molecule has 3 aromatic rings. The molecular formula is C17H16N2OS2. The minimum atomic E-state index is 0.0409. The summed E-state index contributed by atoms with van der Waals surface area (Å²) in [5, 5.41) is 3.51. The molecule has 2 heterocycles. The molecule has 0 atom stereocenters. The second-order valence-electron chi connectivity index (χ2n) is 4.74. The van der Waals surface area contributed by atoms with E-state index in [9.17, 15) is 4.79 Å². The van der Waals surface area contributed by atoms with Crippen molar-refractivity contribution in [1.82, 2.24) is 9.55 Å². The summed E-state index contributed by atoms with van der Waals surface area (Å²) >= 11 is 3.07. The molecule has 0 aliphatic heterocycles. The van der Waals surface area contributed by atoms with Crippen LogP contribution in [0.15, 0.2) is 58.3 Å². The first-order valence-electron chi connectivity index (χ1n) is 7.07. The van der Waals surface area contributed by atoms with Gasteiger partial charge in [0.1, 0.15) is 4.83 Å². The molecule has 5 heteroatoms. The molecule has 0 saturated carbocycles. The molecule has 22 heavy (non-hydrogen) atoms. The van der Waals surface area contributed by atoms with Crippen molar-refractivity contribution in [3.63, 3.8) is 0 Å². The van der Waals surface area contributed by atoms with E-state index >= 15 is 0 Å². The Morgan fingerprint density at radius 3 is 2.82 bits per heavy atom. The Labute approximate surface area is 137 Å². The van der Waals surface area contributed by atoms with Gasteiger partial charge in [0.25, 0.3) is 5.56 Å². The van der Waals surface area contributed by atoms with Crippen molar-refractivity contribution in [2.75, 3.05) is 5.75 Å². The van der Waals surface area contributed by atoms with Crippen LogP contribution in [0, 0.1) is 0 Å². The summed E-state index contributed by atoms with van der Waals surface area (Å²) in [6.45, 7) is 6.32. The highest BCUT2D eigenvalue weighted by molar-refractivity contribution is 7.99. The van der Waals surface area contributed by atoms with Gasteiger partial charge in [0.15, 0.2) is 5.16 Å². The van der Waals surface area contributed by atoms with Crippen molar-refractivity contribution in [2.45, 2.75) is 18.6 Å². The van der Waals surface area contributed by atoms with E-state index in [2.05, 4.69) is 11.6 Å². The predicted octanol–water partition coefficient (Wildman–Crippen LogP) is 4.42. The standard InChI is InChI=1S/C17H16N2OS2/c1-3-10-21-17-18-15-14(16(20)19(17)4-2)13(11-22-15)12-8-6-5-7-9-12/h3,5-9,11H,1,4,10H2,2H3. The summed E-state index contributed by atoms with van der Waals surface area (Å²) in [6.07, 6.45) is 1.82. The van der Waals surface area contributed by atoms with Crippen LogP contribution in [0.2, 0.25) is 0 Å². The Morgan fingerprint density at radius 1 is 1.36 bits per heavy atom. The normalized spacial score (nSPS) is 11.0. The van der Waals surface area contributed by atoms with Crippen molar-refractivity contribution in [3.05, 3.63) is 58.7 Å². The number of thiophene rings is 1. The van der Waals surface area contributed by atoms with Crippen molar-refractivity contribution >= 4 is 33.3 Å². The lowest BCUT2D eigenvalue weighted by Gasteiger charge is -2.09. The van der Waals surface area contributed by atoms with Gasteiger partial charge in [-0.15, -0.1) is 17.9 Å². The first-order valence-corrected chi connectivity index (χ1v) is 8.94. The van der Waals surface area contributed by atoms with Crippen LogP contribution in [0.5, 0.6) is 0 Å². The van der Waals surface area contributed by atoms with Gasteiger partial charge < -0.3 is 0 Å². The van der Waals surface area contributed by atoms with Gasteiger partial charge in [-0.25, -0.2) is 4.98 Å². The lowest BCUT2D eigenvalue weighted by molar-refractivity contribution is 0.636. The van der Waals surface area contributed by atoms with Gasteiger partial charge in [-0.05, 0) is 12.5 Å². The number of hydrogen-bond acceptors (Lipinski definition) is 4. The second-order valence-corrected chi connectivity index (χ2v) is 6.58. The lowest BCUT2D eigenvalue weighted by atomic mass is 10.1. The molecule has 3 rings (SSSR count). The fraction of sp³-hybridized carbons (Fsp3) is 0.176. The van der Waals surface area contributed by atoms with Crippen LogP contribution in [0.4, 0.5) is 0 Å². The number of benzene rings is 1. The van der Waals surface area contributed by atoms with E-state index < -0.39 is 0 Å². The quantitative estimate of drug-likeness (QED) is 0.395. The van der Waals surface area contributed by atoms with Crippen LogP contribution in [0.3, 0.4) is 0 Å². The number of hydrogen-bond donors (Lipinski definition) is 0. The summed E-state index contributed by atoms with van der Waals surface area (Å²) < 4.78 is 1.75. The maximum absolute atomic E-state index is 12.9. The predicted molar refractivity (Wildman–Crippen MR) is 95.9 cm³/mol. The van der Waals surface area contributed by atoms with Crippen molar-refractivity contribution in [2.24, 2.45) is 0 Å². The first kappa shape index (κ1) is 15.1. The van der Waals surface area contributed by atoms with Crippen molar-refractivity contribution < 1.29 is 0 Å². The molecule has 0 N–H and O–H groups in total. The van der Waals surface area contributed by atoms with Gasteiger partial charge in [-0.3, -0.25) is 9.36 Å². The summed E-state index contributed by atoms with van der Waals surface area (Å²) in [6, 6.07) is 10.00. The van der Waals surface area contributed by atoms with Gasteiger partial charge in [0, 0.05) is 23.2 Å². The zero-order chi connectivity index (χ0) is 15.5. The molecule has 112 valence electrons. The molecule has 0 bridgehead atoms. The van der Waals surface area contributed by atoms with Crippen LogP contribution in [0.1, 0.15) is 6.92 Å². The Hall–Kier alpha value is -1.85. The maximum atomic E-state index is 12.9. The summed E-state index contributed by atoms with van der Waals surface area (Å²) in [5.41, 5.74) is 2.07. The Bertz CT molecular complexity index is 865. The van der Waals surface area contributed by atoms with E-state index in [4.69, 9.17) is 0 Å². The molecule has 1 aromatic carbocycles. The van der Waals surface area contributed by atoms with E-state index in [1.807, 2.05) is 48.7 Å². The summed E-state index contributed by atoms with van der Waals surface area (Å²) in [7, 11) is 0. The minimum Gasteiger partial charge on any atom is -0.287 e. The van der Waals surface area contributed by atoms with Gasteiger partial charge in [0.05, 0.1) is 5.39 Å². The molecule has 0 spiro atoms. The number of fused-ring (bicyclic) bond motifs is 1. The van der Waals surface area contributed by atoms with Crippen LogP contribution < -0.4 is 5.56 Å². The van der Waals surface area contributed by atoms with Gasteiger partial charge in [0.2, 0.25) is 0 Å². The third-order valence-corrected chi connectivity index (χ3v) is 5.23. The Balaban J connectivity index is 2.24. The molecule has 0 saturated heterocycles. The van der Waals surface area contributed by atoms with Crippen LogP contribution in [-0.4, -0.2) is 15.3 Å². The molecule has 0 amide bonds. The molecular weight excluding hydrogens is 312 g/mol. The number of rotatable bonds is 5. The van der Waals surface area contributed by atoms with E-state index in [1.165, 1.54) is 11.3 Å². The number of thioether (sulfide) groups is 1. The zero-order valence-corrected chi connectivity index (χ0v) is 13.9. The maximum Gasteiger partial charge on any atom is 0.263 e. The van der Waals surface area contributed by atoms with E-state index in [-0.39, 0.29) is 5.56 Å². The SMILES string of the molecule is C=CCSc1nc2scc(-c3ccccc3)c2c(=O)n1CC. The Morgan fingerprint density at radius 2 is 2.14 bits per heavy atom. The first-order chi connectivity index (χ1) is 10.8. The second kappa shape index (κ2) is 6.50. The van der Waals surface area contributed by atoms with E-state index in [0.717, 1.165) is 32.3 Å². The van der Waals surface area contributed by atoms with E-state index in [1.54, 1.807) is 16.3 Å². The Kier molecular flexibility index (Phi) is 4.45.